The maximum atomic E-state index is 11.8. The van der Waals surface area contributed by atoms with Gasteiger partial charge in [-0.15, -0.1) is 0 Å². The number of sulfone groups is 1. The Morgan fingerprint density at radius 3 is 2.39 bits per heavy atom. The summed E-state index contributed by atoms with van der Waals surface area (Å²) in [5.41, 5.74) is 3.27. The minimum Gasteiger partial charge on any atom is -0.494 e. The predicted molar refractivity (Wildman–Crippen MR) is 130 cm³/mol. The number of hydrogen-bond donors (Lipinski definition) is 0. The standard InChI is InChI=1S/C24H24ClN3O4S/c1-3-32-19-8-9-20(21(25)14-19)24-23(18-6-4-17(5-7-18)16(2)29)27-22(15-26-24)28-10-12-33(30,31)13-11-28/h4-9,14-15H,3,10-13H2,1-2H3. The zero-order valence-corrected chi connectivity index (χ0v) is 20.0. The number of nitrogens with zero attached hydrogens (tertiary/aromatic N) is 3. The summed E-state index contributed by atoms with van der Waals surface area (Å²) in [6, 6.07) is 12.6. The molecule has 33 heavy (non-hydrogen) atoms. The Kier molecular flexibility index (Phi) is 6.67. The summed E-state index contributed by atoms with van der Waals surface area (Å²) in [6.45, 7) is 4.68. The zero-order valence-electron chi connectivity index (χ0n) is 18.4. The van der Waals surface area contributed by atoms with Crippen molar-refractivity contribution in [3.05, 3.63) is 59.2 Å². The summed E-state index contributed by atoms with van der Waals surface area (Å²) >= 11 is 6.58. The second-order valence-corrected chi connectivity index (χ2v) is 10.5. The molecule has 1 aliphatic rings. The quantitative estimate of drug-likeness (QED) is 0.481. The molecule has 1 aromatic heterocycles. The lowest BCUT2D eigenvalue weighted by Crippen LogP contribution is -2.40. The number of aromatic nitrogens is 2. The number of carbonyl (C=O) groups is 1. The van der Waals surface area contributed by atoms with Crippen LogP contribution in [0.1, 0.15) is 24.2 Å². The third kappa shape index (κ3) is 5.17. The summed E-state index contributed by atoms with van der Waals surface area (Å²) in [5.74, 6) is 1.41. The maximum Gasteiger partial charge on any atom is 0.159 e. The molecular formula is C24H24ClN3O4S. The van der Waals surface area contributed by atoms with Gasteiger partial charge in [0.05, 0.1) is 40.7 Å². The van der Waals surface area contributed by atoms with Crippen molar-refractivity contribution in [3.63, 3.8) is 0 Å². The van der Waals surface area contributed by atoms with Gasteiger partial charge in [-0.25, -0.2) is 13.4 Å². The molecule has 0 atom stereocenters. The highest BCUT2D eigenvalue weighted by molar-refractivity contribution is 7.91. The molecular weight excluding hydrogens is 462 g/mol. The van der Waals surface area contributed by atoms with Crippen molar-refractivity contribution < 1.29 is 17.9 Å². The van der Waals surface area contributed by atoms with Gasteiger partial charge in [0.2, 0.25) is 0 Å². The fourth-order valence-corrected chi connectivity index (χ4v) is 5.14. The minimum atomic E-state index is -3.02. The summed E-state index contributed by atoms with van der Waals surface area (Å²) in [4.78, 5) is 23.2. The molecule has 0 radical (unpaired) electrons. The van der Waals surface area contributed by atoms with E-state index in [0.717, 1.165) is 5.56 Å². The molecule has 2 heterocycles. The largest absolute Gasteiger partial charge is 0.494 e. The first-order valence-corrected chi connectivity index (χ1v) is 12.8. The fourth-order valence-electron chi connectivity index (χ4n) is 3.68. The Morgan fingerprint density at radius 1 is 1.09 bits per heavy atom. The number of benzene rings is 2. The molecule has 0 spiro atoms. The van der Waals surface area contributed by atoms with Crippen LogP contribution >= 0.6 is 11.6 Å². The predicted octanol–water partition coefficient (Wildman–Crippen LogP) is 4.30. The third-order valence-electron chi connectivity index (χ3n) is 5.50. The van der Waals surface area contributed by atoms with Crippen LogP contribution in [0.25, 0.3) is 22.5 Å². The topological polar surface area (TPSA) is 89.5 Å². The molecule has 0 bridgehead atoms. The molecule has 172 valence electrons. The molecule has 0 N–H and O–H groups in total. The Hall–Kier alpha value is -2.97. The van der Waals surface area contributed by atoms with Crippen LogP contribution < -0.4 is 9.64 Å². The molecule has 0 aliphatic carbocycles. The monoisotopic (exact) mass is 485 g/mol. The summed E-state index contributed by atoms with van der Waals surface area (Å²) in [7, 11) is -3.02. The van der Waals surface area contributed by atoms with Crippen molar-refractivity contribution in [2.75, 3.05) is 36.1 Å². The molecule has 2 aromatic carbocycles. The number of Topliss-reactive ketones (excluding diaryl/α,β-unsaturated/α-hetero) is 1. The molecule has 7 nitrogen and oxygen atoms in total. The molecule has 9 heteroatoms. The second-order valence-electron chi connectivity index (χ2n) is 7.77. The van der Waals surface area contributed by atoms with E-state index in [4.69, 9.17) is 21.3 Å². The highest BCUT2D eigenvalue weighted by Gasteiger charge is 2.24. The van der Waals surface area contributed by atoms with E-state index in [-0.39, 0.29) is 17.3 Å². The third-order valence-corrected chi connectivity index (χ3v) is 7.42. The number of carbonyl (C=O) groups excluding carboxylic acids is 1. The Labute approximate surface area is 198 Å². The van der Waals surface area contributed by atoms with E-state index < -0.39 is 9.84 Å². The summed E-state index contributed by atoms with van der Waals surface area (Å²) < 4.78 is 29.2. The van der Waals surface area contributed by atoms with Gasteiger partial charge in [-0.3, -0.25) is 9.78 Å². The lowest BCUT2D eigenvalue weighted by atomic mass is 10.0. The number of halogens is 1. The summed E-state index contributed by atoms with van der Waals surface area (Å²) in [6.07, 6.45) is 1.65. The van der Waals surface area contributed by atoms with Crippen molar-refractivity contribution in [1.82, 2.24) is 9.97 Å². The van der Waals surface area contributed by atoms with Gasteiger partial charge < -0.3 is 9.64 Å². The molecule has 4 rings (SSSR count). The van der Waals surface area contributed by atoms with Crippen LogP contribution in [-0.2, 0) is 9.84 Å². The van der Waals surface area contributed by atoms with E-state index >= 15 is 0 Å². The first-order chi connectivity index (χ1) is 15.8. The second kappa shape index (κ2) is 9.49. The molecule has 1 aliphatic heterocycles. The van der Waals surface area contributed by atoms with E-state index in [0.29, 0.717) is 58.8 Å². The van der Waals surface area contributed by atoms with E-state index in [1.54, 1.807) is 24.4 Å². The average molecular weight is 486 g/mol. The Bertz CT molecular complexity index is 1280. The van der Waals surface area contributed by atoms with Crippen LogP contribution in [0.3, 0.4) is 0 Å². The summed E-state index contributed by atoms with van der Waals surface area (Å²) in [5, 5.41) is 0.480. The van der Waals surface area contributed by atoms with Gasteiger partial charge in [0.15, 0.2) is 15.6 Å². The molecule has 0 unspecified atom stereocenters. The maximum absolute atomic E-state index is 11.8. The van der Waals surface area contributed by atoms with Crippen LogP contribution in [0.5, 0.6) is 5.75 Å². The van der Waals surface area contributed by atoms with E-state index in [9.17, 15) is 13.2 Å². The van der Waals surface area contributed by atoms with Crippen LogP contribution in [0.2, 0.25) is 5.02 Å². The number of ketones is 1. The van der Waals surface area contributed by atoms with Gasteiger partial charge in [-0.05, 0) is 32.0 Å². The number of rotatable bonds is 6. The fraction of sp³-hybridized carbons (Fsp3) is 0.292. The van der Waals surface area contributed by atoms with Crippen LogP contribution in [0.4, 0.5) is 5.82 Å². The van der Waals surface area contributed by atoms with Gasteiger partial charge in [-0.2, -0.15) is 0 Å². The normalized spacial score (nSPS) is 15.3. The molecule has 3 aromatic rings. The van der Waals surface area contributed by atoms with Crippen LogP contribution in [0, 0.1) is 0 Å². The van der Waals surface area contributed by atoms with Crippen molar-refractivity contribution in [2.45, 2.75) is 13.8 Å². The van der Waals surface area contributed by atoms with Gasteiger partial charge in [0.25, 0.3) is 0 Å². The molecule has 0 saturated carbocycles. The number of ether oxygens (including phenoxy) is 1. The molecule has 0 amide bonds. The van der Waals surface area contributed by atoms with Gasteiger partial charge >= 0.3 is 0 Å². The lowest BCUT2D eigenvalue weighted by Gasteiger charge is -2.28. The minimum absolute atomic E-state index is 0.0225. The van der Waals surface area contributed by atoms with Gasteiger partial charge in [0, 0.05) is 29.8 Å². The highest BCUT2D eigenvalue weighted by Crippen LogP contribution is 2.36. The lowest BCUT2D eigenvalue weighted by molar-refractivity contribution is 0.101. The smallest absolute Gasteiger partial charge is 0.159 e. The van der Waals surface area contributed by atoms with E-state index in [1.807, 2.05) is 36.1 Å². The van der Waals surface area contributed by atoms with E-state index in [2.05, 4.69) is 4.98 Å². The van der Waals surface area contributed by atoms with Crippen LogP contribution in [0.15, 0.2) is 48.7 Å². The van der Waals surface area contributed by atoms with Crippen molar-refractivity contribution in [1.29, 1.82) is 0 Å². The van der Waals surface area contributed by atoms with Crippen molar-refractivity contribution in [3.8, 4) is 28.3 Å². The highest BCUT2D eigenvalue weighted by atomic mass is 35.5. The number of anilines is 1. The molecule has 1 saturated heterocycles. The van der Waals surface area contributed by atoms with E-state index in [1.165, 1.54) is 6.92 Å². The van der Waals surface area contributed by atoms with Gasteiger partial charge in [0.1, 0.15) is 11.6 Å². The number of hydrogen-bond acceptors (Lipinski definition) is 7. The van der Waals surface area contributed by atoms with Gasteiger partial charge in [-0.1, -0.05) is 35.9 Å². The first-order valence-electron chi connectivity index (χ1n) is 10.6. The zero-order chi connectivity index (χ0) is 23.6. The Morgan fingerprint density at radius 2 is 1.79 bits per heavy atom. The SMILES string of the molecule is CCOc1ccc(-c2ncc(N3CCS(=O)(=O)CC3)nc2-c2ccc(C(C)=O)cc2)c(Cl)c1. The average Bonchev–Trinajstić information content (AvgIpc) is 2.79. The van der Waals surface area contributed by atoms with Crippen molar-refractivity contribution in [2.24, 2.45) is 0 Å². The van der Waals surface area contributed by atoms with Crippen LogP contribution in [-0.4, -0.2) is 55.4 Å². The van der Waals surface area contributed by atoms with Crippen molar-refractivity contribution >= 4 is 33.0 Å². The Balaban J connectivity index is 1.80. The first kappa shape index (κ1) is 23.2. The molecule has 1 fully saturated rings.